The predicted octanol–water partition coefficient (Wildman–Crippen LogP) is 6.01. The molecule has 4 rings (SSSR count). The van der Waals surface area contributed by atoms with Crippen molar-refractivity contribution in [3.8, 4) is 0 Å². The van der Waals surface area contributed by atoms with Crippen LogP contribution in [0.5, 0.6) is 0 Å². The Morgan fingerprint density at radius 3 is 2.36 bits per heavy atom. The molecule has 0 bridgehead atoms. The molecule has 1 nitrogen and oxygen atoms in total. The Balaban J connectivity index is 1.75. The van der Waals surface area contributed by atoms with Crippen LogP contribution in [0, 0.1) is 5.92 Å². The molecule has 1 aliphatic rings. The van der Waals surface area contributed by atoms with Gasteiger partial charge in [-0.05, 0) is 58.4 Å². The third kappa shape index (κ3) is 3.02. The van der Waals surface area contributed by atoms with E-state index in [1.54, 1.807) is 0 Å². The topological polar surface area (TPSA) is 17.1 Å². The molecule has 2 atom stereocenters. The summed E-state index contributed by atoms with van der Waals surface area (Å²) in [6.07, 6.45) is 3.70. The van der Waals surface area contributed by atoms with E-state index in [-0.39, 0.29) is 17.6 Å². The van der Waals surface area contributed by atoms with Crippen LogP contribution in [-0.4, -0.2) is 5.78 Å². The van der Waals surface area contributed by atoms with Gasteiger partial charge in [-0.1, -0.05) is 73.7 Å². The Hall–Kier alpha value is -2.67. The minimum Gasteiger partial charge on any atom is -0.295 e. The van der Waals surface area contributed by atoms with Crippen LogP contribution >= 0.6 is 0 Å². The molecule has 0 saturated carbocycles. The molecule has 0 aliphatic heterocycles. The molecule has 1 heteroatoms. The van der Waals surface area contributed by atoms with Gasteiger partial charge in [0.1, 0.15) is 0 Å². The van der Waals surface area contributed by atoms with Gasteiger partial charge in [0, 0.05) is 5.92 Å². The smallest absolute Gasteiger partial charge is 0.159 e. The molecule has 0 fully saturated rings. The van der Waals surface area contributed by atoms with Gasteiger partial charge in [0.15, 0.2) is 5.78 Å². The van der Waals surface area contributed by atoms with Crippen molar-refractivity contribution in [3.63, 3.8) is 0 Å². The molecule has 124 valence electrons. The van der Waals surface area contributed by atoms with E-state index in [0.29, 0.717) is 0 Å². The molecule has 0 heterocycles. The number of fused-ring (bicyclic) bond motifs is 1. The van der Waals surface area contributed by atoms with Crippen molar-refractivity contribution in [3.05, 3.63) is 90.0 Å². The van der Waals surface area contributed by atoms with Crippen molar-refractivity contribution in [2.45, 2.75) is 25.7 Å². The first-order valence-corrected chi connectivity index (χ1v) is 9.05. The van der Waals surface area contributed by atoms with Crippen LogP contribution < -0.4 is 0 Å². The van der Waals surface area contributed by atoms with Crippen LogP contribution in [-0.2, 0) is 4.79 Å². The second-order valence-electron chi connectivity index (χ2n) is 6.87. The summed E-state index contributed by atoms with van der Waals surface area (Å²) in [4.78, 5) is 12.8. The minimum absolute atomic E-state index is 0.0895. The third-order valence-corrected chi connectivity index (χ3v) is 5.40. The van der Waals surface area contributed by atoms with Gasteiger partial charge < -0.3 is 0 Å². The maximum Gasteiger partial charge on any atom is 0.159 e. The zero-order valence-electron chi connectivity index (χ0n) is 14.5. The summed E-state index contributed by atoms with van der Waals surface area (Å²) >= 11 is 0. The van der Waals surface area contributed by atoms with Gasteiger partial charge in [-0.2, -0.15) is 0 Å². The number of benzene rings is 3. The number of hydrogen-bond acceptors (Lipinski definition) is 1. The van der Waals surface area contributed by atoms with E-state index in [1.807, 2.05) is 12.1 Å². The Labute approximate surface area is 149 Å². The average molecular weight is 326 g/mol. The molecule has 2 unspecified atom stereocenters. The molecule has 25 heavy (non-hydrogen) atoms. The van der Waals surface area contributed by atoms with Crippen LogP contribution in [0.4, 0.5) is 0 Å². The lowest BCUT2D eigenvalue weighted by Crippen LogP contribution is -2.25. The predicted molar refractivity (Wildman–Crippen MR) is 105 cm³/mol. The molecule has 3 aromatic carbocycles. The summed E-state index contributed by atoms with van der Waals surface area (Å²) in [5.41, 5.74) is 3.60. The summed E-state index contributed by atoms with van der Waals surface area (Å²) in [7, 11) is 0. The number of carbonyl (C=O) groups excluding carboxylic acids is 1. The minimum atomic E-state index is 0.0895. The molecule has 1 aliphatic carbocycles. The van der Waals surface area contributed by atoms with Gasteiger partial charge in [-0.25, -0.2) is 0 Å². The van der Waals surface area contributed by atoms with Crippen LogP contribution in [0.15, 0.2) is 78.9 Å². The summed E-state index contributed by atoms with van der Waals surface area (Å²) in [5.74, 6) is 0.627. The lowest BCUT2D eigenvalue weighted by atomic mass is 9.72. The van der Waals surface area contributed by atoms with E-state index in [1.165, 1.54) is 21.9 Å². The Morgan fingerprint density at radius 1 is 0.880 bits per heavy atom. The summed E-state index contributed by atoms with van der Waals surface area (Å²) in [5, 5.41) is 2.46. The number of allylic oxidation sites excluding steroid dienone is 2. The van der Waals surface area contributed by atoms with Crippen molar-refractivity contribution >= 4 is 22.1 Å². The van der Waals surface area contributed by atoms with Gasteiger partial charge in [0.05, 0.1) is 0 Å². The summed E-state index contributed by atoms with van der Waals surface area (Å²) in [6, 6.07) is 25.4. The molecule has 0 spiro atoms. The maximum atomic E-state index is 12.8. The van der Waals surface area contributed by atoms with Gasteiger partial charge in [0.25, 0.3) is 0 Å². The first-order valence-electron chi connectivity index (χ1n) is 9.05. The monoisotopic (exact) mass is 326 g/mol. The Bertz CT molecular complexity index is 936. The fraction of sp³-hybridized carbons (Fsp3) is 0.208. The highest BCUT2D eigenvalue weighted by molar-refractivity contribution is 6.01. The van der Waals surface area contributed by atoms with E-state index < -0.39 is 0 Å². The third-order valence-electron chi connectivity index (χ3n) is 5.40. The van der Waals surface area contributed by atoms with Gasteiger partial charge in [-0.15, -0.1) is 0 Å². The Kier molecular flexibility index (Phi) is 4.23. The second-order valence-corrected chi connectivity index (χ2v) is 6.87. The van der Waals surface area contributed by atoms with Crippen molar-refractivity contribution in [1.82, 2.24) is 0 Å². The first-order chi connectivity index (χ1) is 12.3. The quantitative estimate of drug-likeness (QED) is 0.576. The standard InChI is InChI=1S/C24H22O/c1-2-22-23(18-9-4-3-5-10-18)15-21(16-24(22)25)20-13-12-17-8-6-7-11-19(17)14-20/h3-14,16,22-23H,2,15H2,1H3. The van der Waals surface area contributed by atoms with Crippen molar-refractivity contribution in [2.75, 3.05) is 0 Å². The normalized spacial score (nSPS) is 20.5. The number of rotatable bonds is 3. The van der Waals surface area contributed by atoms with Crippen molar-refractivity contribution in [1.29, 1.82) is 0 Å². The van der Waals surface area contributed by atoms with E-state index in [9.17, 15) is 4.79 Å². The van der Waals surface area contributed by atoms with Crippen LogP contribution in [0.25, 0.3) is 16.3 Å². The highest BCUT2D eigenvalue weighted by atomic mass is 16.1. The molecule has 0 amide bonds. The van der Waals surface area contributed by atoms with Crippen molar-refractivity contribution < 1.29 is 4.79 Å². The number of carbonyl (C=O) groups is 1. The largest absolute Gasteiger partial charge is 0.295 e. The Morgan fingerprint density at radius 2 is 1.60 bits per heavy atom. The molecule has 3 aromatic rings. The summed E-state index contributed by atoms with van der Waals surface area (Å²) < 4.78 is 0. The first kappa shape index (κ1) is 15.8. The highest BCUT2D eigenvalue weighted by Gasteiger charge is 2.32. The van der Waals surface area contributed by atoms with E-state index in [2.05, 4.69) is 73.7 Å². The summed E-state index contributed by atoms with van der Waals surface area (Å²) in [6.45, 7) is 2.12. The molecule has 0 aromatic heterocycles. The van der Waals surface area contributed by atoms with Gasteiger partial charge in [0.2, 0.25) is 0 Å². The second kappa shape index (κ2) is 6.68. The highest BCUT2D eigenvalue weighted by Crippen LogP contribution is 2.41. The van der Waals surface area contributed by atoms with Crippen LogP contribution in [0.2, 0.25) is 0 Å². The zero-order chi connectivity index (χ0) is 17.2. The molecular weight excluding hydrogens is 304 g/mol. The SMILES string of the molecule is CCC1C(=O)C=C(c2ccc3ccccc3c2)CC1c1ccccc1. The van der Waals surface area contributed by atoms with E-state index in [4.69, 9.17) is 0 Å². The van der Waals surface area contributed by atoms with Crippen LogP contribution in [0.3, 0.4) is 0 Å². The maximum absolute atomic E-state index is 12.8. The zero-order valence-corrected chi connectivity index (χ0v) is 14.5. The molecular formula is C24H22O. The number of hydrogen-bond donors (Lipinski definition) is 0. The average Bonchev–Trinajstić information content (AvgIpc) is 2.67. The lowest BCUT2D eigenvalue weighted by molar-refractivity contribution is -0.119. The van der Waals surface area contributed by atoms with Crippen LogP contribution in [0.1, 0.15) is 36.8 Å². The van der Waals surface area contributed by atoms with Gasteiger partial charge in [-0.3, -0.25) is 4.79 Å². The fourth-order valence-electron chi connectivity index (χ4n) is 4.04. The number of ketones is 1. The lowest BCUT2D eigenvalue weighted by Gasteiger charge is -2.30. The van der Waals surface area contributed by atoms with Gasteiger partial charge >= 0.3 is 0 Å². The van der Waals surface area contributed by atoms with E-state index >= 15 is 0 Å². The molecule has 0 saturated heterocycles. The van der Waals surface area contributed by atoms with Crippen molar-refractivity contribution in [2.24, 2.45) is 5.92 Å². The molecule has 0 radical (unpaired) electrons. The van der Waals surface area contributed by atoms with E-state index in [0.717, 1.165) is 18.4 Å². The molecule has 0 N–H and O–H groups in total. The fourth-order valence-corrected chi connectivity index (χ4v) is 4.04.